The Morgan fingerprint density at radius 1 is 1.00 bits per heavy atom. The van der Waals surface area contributed by atoms with E-state index in [0.717, 1.165) is 42.6 Å². The fraction of sp³-hybridized carbons (Fsp3) is 0.444. The summed E-state index contributed by atoms with van der Waals surface area (Å²) in [5.41, 5.74) is 2.33. The highest BCUT2D eigenvalue weighted by molar-refractivity contribution is 5.78. The third-order valence-corrected chi connectivity index (χ3v) is 5.74. The van der Waals surface area contributed by atoms with Crippen molar-refractivity contribution < 1.29 is 14.3 Å². The summed E-state index contributed by atoms with van der Waals surface area (Å²) in [4.78, 5) is 24.7. The van der Waals surface area contributed by atoms with E-state index in [0.29, 0.717) is 18.8 Å². The number of aryl methyl sites for hydroxylation is 3. The Hall–Kier alpha value is -3.35. The van der Waals surface area contributed by atoms with Gasteiger partial charge in [-0.15, -0.1) is 0 Å². The predicted molar refractivity (Wildman–Crippen MR) is 132 cm³/mol. The Morgan fingerprint density at radius 2 is 1.65 bits per heavy atom. The monoisotopic (exact) mass is 465 g/mol. The molecule has 0 atom stereocenters. The molecule has 3 aromatic rings. The molecule has 0 unspecified atom stereocenters. The summed E-state index contributed by atoms with van der Waals surface area (Å²) < 4.78 is 13.9. The van der Waals surface area contributed by atoms with Gasteiger partial charge in [0.15, 0.2) is 5.60 Å². The van der Waals surface area contributed by atoms with E-state index in [1.807, 2.05) is 43.3 Å². The zero-order valence-electron chi connectivity index (χ0n) is 20.8. The van der Waals surface area contributed by atoms with E-state index in [-0.39, 0.29) is 5.69 Å². The van der Waals surface area contributed by atoms with Crippen molar-refractivity contribution >= 4 is 5.97 Å². The number of benzene rings is 2. The number of methoxy groups -OCH3 is 1. The van der Waals surface area contributed by atoms with Gasteiger partial charge in [0.2, 0.25) is 0 Å². The van der Waals surface area contributed by atoms with Crippen molar-refractivity contribution in [1.29, 1.82) is 0 Å². The normalized spacial score (nSPS) is 11.4. The van der Waals surface area contributed by atoms with Crippen molar-refractivity contribution in [1.82, 2.24) is 14.3 Å². The van der Waals surface area contributed by atoms with Crippen molar-refractivity contribution in [3.63, 3.8) is 0 Å². The number of hydrogen-bond donors (Lipinski definition) is 0. The van der Waals surface area contributed by atoms with E-state index in [9.17, 15) is 9.59 Å². The van der Waals surface area contributed by atoms with Crippen LogP contribution in [0.1, 0.15) is 56.1 Å². The van der Waals surface area contributed by atoms with Gasteiger partial charge in [0.25, 0.3) is 0 Å². The van der Waals surface area contributed by atoms with E-state index in [1.54, 1.807) is 23.1 Å². The van der Waals surface area contributed by atoms with Crippen LogP contribution in [0.2, 0.25) is 0 Å². The van der Waals surface area contributed by atoms with Gasteiger partial charge >= 0.3 is 11.7 Å². The molecule has 0 bridgehead atoms. The zero-order valence-corrected chi connectivity index (χ0v) is 20.8. The molecular weight excluding hydrogens is 430 g/mol. The summed E-state index contributed by atoms with van der Waals surface area (Å²) in [6, 6.07) is 15.9. The molecule has 0 radical (unpaired) electrons. The number of hydrogen-bond acceptors (Lipinski definition) is 5. The number of ether oxygens (including phenoxy) is 2. The summed E-state index contributed by atoms with van der Waals surface area (Å²) in [5, 5.41) is 4.66. The lowest BCUT2D eigenvalue weighted by Gasteiger charge is -2.23. The number of rotatable bonds is 11. The molecule has 0 saturated heterocycles. The summed E-state index contributed by atoms with van der Waals surface area (Å²) >= 11 is 0. The topological polar surface area (TPSA) is 75.3 Å². The maximum atomic E-state index is 12.9. The molecule has 34 heavy (non-hydrogen) atoms. The standard InChI is InChI=1S/C27H35N3O4/c1-6-18-29-24(28-30(26(29)32)19-22-12-10-20(2)11-13-22)9-7-8-21-14-16-23(17-15-21)34-27(3,4)25(31)33-5/h10-17H,6-9,18-19H2,1-5H3. The highest BCUT2D eigenvalue weighted by atomic mass is 16.6. The lowest BCUT2D eigenvalue weighted by molar-refractivity contribution is -0.156. The third-order valence-electron chi connectivity index (χ3n) is 5.74. The summed E-state index contributed by atoms with van der Waals surface area (Å²) in [7, 11) is 1.35. The molecule has 1 aromatic heterocycles. The minimum Gasteiger partial charge on any atom is -0.476 e. The van der Waals surface area contributed by atoms with Crippen LogP contribution in [0.3, 0.4) is 0 Å². The van der Waals surface area contributed by atoms with Crippen LogP contribution in [0.5, 0.6) is 5.75 Å². The van der Waals surface area contributed by atoms with Gasteiger partial charge in [-0.3, -0.25) is 4.57 Å². The molecule has 2 aromatic carbocycles. The fourth-order valence-corrected chi connectivity index (χ4v) is 3.85. The highest BCUT2D eigenvalue weighted by Gasteiger charge is 2.30. The van der Waals surface area contributed by atoms with Gasteiger partial charge in [-0.2, -0.15) is 5.10 Å². The van der Waals surface area contributed by atoms with Crippen LogP contribution < -0.4 is 10.4 Å². The van der Waals surface area contributed by atoms with Crippen LogP contribution in [-0.2, 0) is 35.5 Å². The summed E-state index contributed by atoms with van der Waals surface area (Å²) in [5.74, 6) is 1.03. The third kappa shape index (κ3) is 6.37. The molecule has 0 saturated carbocycles. The van der Waals surface area contributed by atoms with Crippen LogP contribution >= 0.6 is 0 Å². The van der Waals surface area contributed by atoms with Gasteiger partial charge < -0.3 is 9.47 Å². The average Bonchev–Trinajstić information content (AvgIpc) is 3.10. The minimum absolute atomic E-state index is 0.0489. The number of aromatic nitrogens is 3. The quantitative estimate of drug-likeness (QED) is 0.394. The van der Waals surface area contributed by atoms with Crippen molar-refractivity contribution in [2.75, 3.05) is 7.11 Å². The van der Waals surface area contributed by atoms with Gasteiger partial charge in [-0.05, 0) is 63.3 Å². The molecule has 0 N–H and O–H groups in total. The molecule has 1 heterocycles. The van der Waals surface area contributed by atoms with Crippen LogP contribution in [0.4, 0.5) is 0 Å². The first kappa shape index (κ1) is 25.3. The number of carbonyl (C=O) groups excluding carboxylic acids is 1. The van der Waals surface area contributed by atoms with Gasteiger partial charge in [0, 0.05) is 13.0 Å². The second kappa shape index (κ2) is 11.2. The zero-order chi connectivity index (χ0) is 24.7. The molecule has 7 nitrogen and oxygen atoms in total. The molecule has 0 aliphatic rings. The molecule has 7 heteroatoms. The number of carbonyl (C=O) groups is 1. The first-order chi connectivity index (χ1) is 16.2. The molecule has 182 valence electrons. The molecule has 0 spiro atoms. The van der Waals surface area contributed by atoms with Crippen LogP contribution in [0.25, 0.3) is 0 Å². The van der Waals surface area contributed by atoms with E-state index in [2.05, 4.69) is 24.2 Å². The maximum absolute atomic E-state index is 12.9. The fourth-order valence-electron chi connectivity index (χ4n) is 3.85. The second-order valence-corrected chi connectivity index (χ2v) is 9.10. The predicted octanol–water partition coefficient (Wildman–Crippen LogP) is 4.32. The first-order valence-electron chi connectivity index (χ1n) is 11.8. The summed E-state index contributed by atoms with van der Waals surface area (Å²) in [6.07, 6.45) is 3.33. The van der Waals surface area contributed by atoms with Gasteiger partial charge in [-0.25, -0.2) is 14.3 Å². The lowest BCUT2D eigenvalue weighted by Crippen LogP contribution is -2.39. The molecule has 0 aliphatic heterocycles. The van der Waals surface area contributed by atoms with Crippen molar-refractivity contribution in [3.8, 4) is 5.75 Å². The molecule has 3 rings (SSSR count). The van der Waals surface area contributed by atoms with Crippen LogP contribution in [0, 0.1) is 6.92 Å². The van der Waals surface area contributed by atoms with E-state index < -0.39 is 11.6 Å². The van der Waals surface area contributed by atoms with Crippen LogP contribution in [-0.4, -0.2) is 33.0 Å². The largest absolute Gasteiger partial charge is 0.476 e. The average molecular weight is 466 g/mol. The van der Waals surface area contributed by atoms with Crippen molar-refractivity contribution in [2.45, 2.75) is 72.1 Å². The van der Waals surface area contributed by atoms with Crippen molar-refractivity contribution in [2.24, 2.45) is 0 Å². The first-order valence-corrected chi connectivity index (χ1v) is 11.8. The van der Waals surface area contributed by atoms with Gasteiger partial charge in [0.05, 0.1) is 13.7 Å². The Morgan fingerprint density at radius 3 is 2.26 bits per heavy atom. The van der Waals surface area contributed by atoms with E-state index in [4.69, 9.17) is 9.47 Å². The van der Waals surface area contributed by atoms with E-state index in [1.165, 1.54) is 12.7 Å². The minimum atomic E-state index is -1.05. The Balaban J connectivity index is 1.63. The molecule has 0 amide bonds. The molecule has 0 fully saturated rings. The molecule has 0 aliphatic carbocycles. The smallest absolute Gasteiger partial charge is 0.349 e. The second-order valence-electron chi connectivity index (χ2n) is 9.10. The summed E-state index contributed by atoms with van der Waals surface area (Å²) in [6.45, 7) is 8.63. The number of esters is 1. The lowest BCUT2D eigenvalue weighted by atomic mass is 10.1. The highest BCUT2D eigenvalue weighted by Crippen LogP contribution is 2.21. The van der Waals surface area contributed by atoms with Gasteiger partial charge in [-0.1, -0.05) is 48.9 Å². The Bertz CT molecular complexity index is 1140. The van der Waals surface area contributed by atoms with Gasteiger partial charge in [0.1, 0.15) is 11.6 Å². The Labute approximate surface area is 201 Å². The maximum Gasteiger partial charge on any atom is 0.349 e. The van der Waals surface area contributed by atoms with Crippen molar-refractivity contribution in [3.05, 3.63) is 81.5 Å². The Kier molecular flexibility index (Phi) is 8.31. The SMILES string of the molecule is CCCn1c(CCCc2ccc(OC(C)(C)C(=O)OC)cc2)nn(Cc2ccc(C)cc2)c1=O. The van der Waals surface area contributed by atoms with E-state index >= 15 is 0 Å². The molecular formula is C27H35N3O4. The number of nitrogens with zero attached hydrogens (tertiary/aromatic N) is 3. The van der Waals surface area contributed by atoms with Crippen LogP contribution in [0.15, 0.2) is 53.3 Å².